The van der Waals surface area contributed by atoms with E-state index in [0.717, 1.165) is 0 Å². The molecule has 4 nitrogen and oxygen atoms in total. The molecule has 66 valence electrons. The lowest BCUT2D eigenvalue weighted by Crippen LogP contribution is -1.97. The largest absolute Gasteiger partial charge is 0.295 e. The number of hydrogen-bond acceptors (Lipinski definition) is 3. The van der Waals surface area contributed by atoms with Crippen LogP contribution in [0.3, 0.4) is 0 Å². The lowest BCUT2D eigenvalue weighted by atomic mass is 10.1. The maximum Gasteiger partial charge on any atom is 0.173 e. The number of nitrogens with one attached hydrogen (secondary N) is 2. The summed E-state index contributed by atoms with van der Waals surface area (Å²) in [5, 5.41) is 10.2. The van der Waals surface area contributed by atoms with Gasteiger partial charge in [-0.2, -0.15) is 0 Å². The summed E-state index contributed by atoms with van der Waals surface area (Å²) >= 11 is 0. The molecule has 0 aliphatic heterocycles. The Labute approximate surface area is 75.6 Å². The predicted molar refractivity (Wildman–Crippen MR) is 48.4 cm³/mol. The van der Waals surface area contributed by atoms with Gasteiger partial charge in [-0.1, -0.05) is 18.2 Å². The van der Waals surface area contributed by atoms with E-state index in [0.29, 0.717) is 11.1 Å². The monoisotopic (exact) mass is 175 g/mol. The predicted octanol–water partition coefficient (Wildman–Crippen LogP) is 2.25. The molecule has 1 aromatic carbocycles. The van der Waals surface area contributed by atoms with Crippen molar-refractivity contribution in [1.82, 2.24) is 0 Å². The summed E-state index contributed by atoms with van der Waals surface area (Å²) in [4.78, 5) is 11.0. The molecule has 2 N–H and O–H groups in total. The quantitative estimate of drug-likeness (QED) is 0.307. The molecule has 0 aliphatic carbocycles. The number of nitrogens with zero attached hydrogens (tertiary/aromatic N) is 1. The molecule has 1 aromatic rings. The van der Waals surface area contributed by atoms with Crippen LogP contribution in [0, 0.1) is 10.9 Å². The van der Waals surface area contributed by atoms with Gasteiger partial charge in [-0.15, -0.1) is 5.11 Å². The van der Waals surface area contributed by atoms with Gasteiger partial charge in [-0.25, -0.2) is 5.53 Å². The Hall–Kier alpha value is -1.84. The van der Waals surface area contributed by atoms with Crippen LogP contribution >= 0.6 is 0 Å². The fourth-order valence-corrected chi connectivity index (χ4v) is 0.950. The smallest absolute Gasteiger partial charge is 0.173 e. The van der Waals surface area contributed by atoms with Crippen molar-refractivity contribution in [2.24, 2.45) is 5.11 Å². The highest BCUT2D eigenvalue weighted by Crippen LogP contribution is 2.06. The van der Waals surface area contributed by atoms with Gasteiger partial charge in [0.05, 0.1) is 0 Å². The Morgan fingerprint density at radius 1 is 1.38 bits per heavy atom. The van der Waals surface area contributed by atoms with Gasteiger partial charge in [-0.05, 0) is 13.0 Å². The fraction of sp³-hybridized carbons (Fsp3) is 0.111. The molecule has 4 heteroatoms. The number of amidine groups is 1. The second-order valence-electron chi connectivity index (χ2n) is 2.60. The van der Waals surface area contributed by atoms with Gasteiger partial charge in [0.2, 0.25) is 0 Å². The van der Waals surface area contributed by atoms with E-state index in [1.165, 1.54) is 6.92 Å². The third kappa shape index (κ3) is 2.05. The molecule has 0 fully saturated rings. The van der Waals surface area contributed by atoms with Gasteiger partial charge in [0, 0.05) is 11.1 Å². The number of rotatable bonds is 2. The van der Waals surface area contributed by atoms with Crippen molar-refractivity contribution in [3.05, 3.63) is 35.4 Å². The number of carbonyl (C=O) groups excluding carboxylic acids is 1. The van der Waals surface area contributed by atoms with Crippen molar-refractivity contribution in [3.8, 4) is 0 Å². The first-order chi connectivity index (χ1) is 6.15. The van der Waals surface area contributed by atoms with Crippen LogP contribution in [0.1, 0.15) is 22.8 Å². The number of Topliss-reactive ketones (excluding diaryl/α,β-unsaturated/α-hetero) is 1. The van der Waals surface area contributed by atoms with Gasteiger partial charge in [0.25, 0.3) is 0 Å². The molecule has 0 spiro atoms. The van der Waals surface area contributed by atoms with Crippen LogP contribution in [0.5, 0.6) is 0 Å². The Balaban J connectivity index is 3.12. The Morgan fingerprint density at radius 2 is 2.00 bits per heavy atom. The zero-order valence-electron chi connectivity index (χ0n) is 7.16. The first-order valence-electron chi connectivity index (χ1n) is 3.72. The minimum atomic E-state index is -0.136. The lowest BCUT2D eigenvalue weighted by Gasteiger charge is -1.98. The van der Waals surface area contributed by atoms with E-state index in [9.17, 15) is 4.79 Å². The molecule has 0 saturated heterocycles. The second-order valence-corrected chi connectivity index (χ2v) is 2.60. The average molecular weight is 175 g/mol. The summed E-state index contributed by atoms with van der Waals surface area (Å²) in [5.41, 5.74) is 7.66. The van der Waals surface area contributed by atoms with Crippen molar-refractivity contribution in [2.45, 2.75) is 6.92 Å². The van der Waals surface area contributed by atoms with Crippen LogP contribution in [0.15, 0.2) is 29.4 Å². The molecule has 0 atom stereocenters. The van der Waals surface area contributed by atoms with Crippen molar-refractivity contribution < 1.29 is 4.79 Å². The molecule has 1 rings (SSSR count). The van der Waals surface area contributed by atoms with E-state index in [2.05, 4.69) is 5.11 Å². The van der Waals surface area contributed by atoms with Crippen LogP contribution in [0.4, 0.5) is 0 Å². The molecule has 0 saturated carbocycles. The van der Waals surface area contributed by atoms with Crippen LogP contribution < -0.4 is 0 Å². The second kappa shape index (κ2) is 3.71. The summed E-state index contributed by atoms with van der Waals surface area (Å²) in [6.45, 7) is 1.46. The molecule has 0 heterocycles. The molecule has 0 radical (unpaired) electrons. The van der Waals surface area contributed by atoms with E-state index in [1.807, 2.05) is 0 Å². The molecule has 0 aliphatic rings. The topological polar surface area (TPSA) is 77.1 Å². The van der Waals surface area contributed by atoms with Gasteiger partial charge in [-0.3, -0.25) is 10.2 Å². The van der Waals surface area contributed by atoms with Crippen LogP contribution in [0.25, 0.3) is 0 Å². The first-order valence-corrected chi connectivity index (χ1v) is 3.72. The maximum atomic E-state index is 11.0. The van der Waals surface area contributed by atoms with Crippen LogP contribution in [0.2, 0.25) is 0 Å². The Bertz CT molecular complexity index is 371. The molecular formula is C9H9N3O. The third-order valence-corrected chi connectivity index (χ3v) is 1.65. The van der Waals surface area contributed by atoms with E-state index >= 15 is 0 Å². The highest BCUT2D eigenvalue weighted by molar-refractivity contribution is 6.00. The van der Waals surface area contributed by atoms with Crippen molar-refractivity contribution in [1.29, 1.82) is 10.9 Å². The van der Waals surface area contributed by atoms with Crippen molar-refractivity contribution >= 4 is 11.6 Å². The standard InChI is InChI=1S/C9H9N3O/c1-6(13)7-3-2-4-8(5-7)9(10)12-11/h2-5,10-11H,1H3. The highest BCUT2D eigenvalue weighted by atomic mass is 16.1. The van der Waals surface area contributed by atoms with Gasteiger partial charge >= 0.3 is 0 Å². The normalized spacial score (nSPS) is 9.31. The summed E-state index contributed by atoms with van der Waals surface area (Å²) in [7, 11) is 0. The van der Waals surface area contributed by atoms with Gasteiger partial charge < -0.3 is 0 Å². The zero-order chi connectivity index (χ0) is 9.84. The number of ketones is 1. The number of benzene rings is 1. The summed E-state index contributed by atoms with van der Waals surface area (Å²) in [6.07, 6.45) is 0. The molecular weight excluding hydrogens is 166 g/mol. The number of hydrogen-bond donors (Lipinski definition) is 2. The molecule has 0 aromatic heterocycles. The lowest BCUT2D eigenvalue weighted by molar-refractivity contribution is 0.101. The number of carbonyl (C=O) groups is 1. The molecule has 0 bridgehead atoms. The van der Waals surface area contributed by atoms with E-state index in [1.54, 1.807) is 24.3 Å². The minimum Gasteiger partial charge on any atom is -0.295 e. The molecule has 13 heavy (non-hydrogen) atoms. The SMILES string of the molecule is CC(=O)c1cccc(C(=N)N=N)c1. The summed E-state index contributed by atoms with van der Waals surface area (Å²) in [6, 6.07) is 6.55. The highest BCUT2D eigenvalue weighted by Gasteiger charge is 2.03. The first kappa shape index (κ1) is 9.25. The molecule has 0 amide bonds. The third-order valence-electron chi connectivity index (χ3n) is 1.65. The zero-order valence-corrected chi connectivity index (χ0v) is 7.16. The Morgan fingerprint density at radius 3 is 2.54 bits per heavy atom. The maximum absolute atomic E-state index is 11.0. The summed E-state index contributed by atoms with van der Waals surface area (Å²) in [5.74, 6) is -0.192. The van der Waals surface area contributed by atoms with E-state index in [4.69, 9.17) is 10.9 Å². The van der Waals surface area contributed by atoms with Crippen molar-refractivity contribution in [3.63, 3.8) is 0 Å². The minimum absolute atomic E-state index is 0.0559. The fourth-order valence-electron chi connectivity index (χ4n) is 0.950. The van der Waals surface area contributed by atoms with E-state index in [-0.39, 0.29) is 11.6 Å². The average Bonchev–Trinajstić information content (AvgIpc) is 2.17. The van der Waals surface area contributed by atoms with E-state index < -0.39 is 0 Å². The van der Waals surface area contributed by atoms with Crippen LogP contribution in [-0.4, -0.2) is 11.6 Å². The Kier molecular flexibility index (Phi) is 2.64. The van der Waals surface area contributed by atoms with Gasteiger partial charge in [0.1, 0.15) is 0 Å². The summed E-state index contributed by atoms with van der Waals surface area (Å²) < 4.78 is 0. The van der Waals surface area contributed by atoms with Gasteiger partial charge in [0.15, 0.2) is 11.6 Å². The molecule has 0 unspecified atom stereocenters. The van der Waals surface area contributed by atoms with Crippen molar-refractivity contribution in [2.75, 3.05) is 0 Å². The van der Waals surface area contributed by atoms with Crippen LogP contribution in [-0.2, 0) is 0 Å².